The fraction of sp³-hybridized carbons (Fsp3) is 0.333. The van der Waals surface area contributed by atoms with E-state index in [4.69, 9.17) is 4.74 Å². The lowest BCUT2D eigenvalue weighted by molar-refractivity contribution is -0.125. The molecule has 0 spiro atoms. The molecule has 1 atom stereocenters. The number of nitrogens with one attached hydrogen (secondary N) is 2. The standard InChI is InChI=1S/C21H26FN3O3/c1-4-23-21(27)24-20(26)19(16-9-7-6-8-10-16)25(5-2)14-15-11-12-18(28-3)17(22)13-15/h6-13,19H,4-5,14H2,1-3H3,(H2,23,24,26,27)/t19-/m0/s1. The van der Waals surface area contributed by atoms with E-state index in [-0.39, 0.29) is 5.75 Å². The molecule has 0 aromatic heterocycles. The van der Waals surface area contributed by atoms with Crippen LogP contribution >= 0.6 is 0 Å². The average molecular weight is 387 g/mol. The molecule has 0 heterocycles. The van der Waals surface area contributed by atoms with Crippen molar-refractivity contribution >= 4 is 11.9 Å². The van der Waals surface area contributed by atoms with Crippen LogP contribution in [-0.4, -0.2) is 37.0 Å². The fourth-order valence-corrected chi connectivity index (χ4v) is 2.98. The first-order chi connectivity index (χ1) is 13.5. The normalized spacial score (nSPS) is 11.8. The van der Waals surface area contributed by atoms with Crippen LogP contribution in [0.4, 0.5) is 9.18 Å². The molecule has 0 unspecified atom stereocenters. The smallest absolute Gasteiger partial charge is 0.321 e. The van der Waals surface area contributed by atoms with Crippen LogP contribution < -0.4 is 15.4 Å². The summed E-state index contributed by atoms with van der Waals surface area (Å²) >= 11 is 0. The van der Waals surface area contributed by atoms with Crippen molar-refractivity contribution in [3.8, 4) is 5.75 Å². The Kier molecular flexibility index (Phi) is 7.95. The minimum atomic E-state index is -0.695. The highest BCUT2D eigenvalue weighted by atomic mass is 19.1. The molecular weight excluding hydrogens is 361 g/mol. The molecule has 0 fully saturated rings. The summed E-state index contributed by atoms with van der Waals surface area (Å²) in [5.74, 6) is -0.729. The van der Waals surface area contributed by atoms with Crippen molar-refractivity contribution < 1.29 is 18.7 Å². The Hall–Kier alpha value is -2.93. The third-order valence-electron chi connectivity index (χ3n) is 4.31. The van der Waals surface area contributed by atoms with Crippen LogP contribution in [0.1, 0.15) is 31.0 Å². The van der Waals surface area contributed by atoms with Crippen LogP contribution in [0.5, 0.6) is 5.75 Å². The Balaban J connectivity index is 2.30. The van der Waals surface area contributed by atoms with Gasteiger partial charge in [-0.25, -0.2) is 9.18 Å². The molecule has 2 aromatic carbocycles. The number of benzene rings is 2. The van der Waals surface area contributed by atoms with Gasteiger partial charge in [-0.05, 0) is 36.7 Å². The van der Waals surface area contributed by atoms with Gasteiger partial charge in [0.1, 0.15) is 6.04 Å². The second-order valence-corrected chi connectivity index (χ2v) is 6.19. The molecule has 150 valence electrons. The number of carbonyl (C=O) groups is 2. The molecule has 0 radical (unpaired) electrons. The van der Waals surface area contributed by atoms with Crippen molar-refractivity contribution in [3.63, 3.8) is 0 Å². The molecule has 3 amide bonds. The maximum absolute atomic E-state index is 14.1. The molecule has 6 nitrogen and oxygen atoms in total. The Bertz CT molecular complexity index is 799. The summed E-state index contributed by atoms with van der Waals surface area (Å²) in [6, 6.07) is 12.7. The van der Waals surface area contributed by atoms with E-state index in [1.807, 2.05) is 42.2 Å². The lowest BCUT2D eigenvalue weighted by Gasteiger charge is -2.30. The summed E-state index contributed by atoms with van der Waals surface area (Å²) in [6.45, 7) is 4.96. The van der Waals surface area contributed by atoms with Crippen LogP contribution in [0.3, 0.4) is 0 Å². The number of hydrogen-bond acceptors (Lipinski definition) is 4. The Labute approximate surface area is 164 Å². The highest BCUT2D eigenvalue weighted by Crippen LogP contribution is 2.25. The van der Waals surface area contributed by atoms with Crippen LogP contribution in [-0.2, 0) is 11.3 Å². The number of likely N-dealkylation sites (N-methyl/N-ethyl adjacent to an activating group) is 1. The van der Waals surface area contributed by atoms with E-state index < -0.39 is 23.8 Å². The minimum Gasteiger partial charge on any atom is -0.494 e. The molecule has 7 heteroatoms. The number of halogens is 1. The van der Waals surface area contributed by atoms with E-state index in [2.05, 4.69) is 10.6 Å². The predicted molar refractivity (Wildman–Crippen MR) is 105 cm³/mol. The van der Waals surface area contributed by atoms with Crippen LogP contribution in [0.2, 0.25) is 0 Å². The largest absolute Gasteiger partial charge is 0.494 e. The number of amides is 3. The van der Waals surface area contributed by atoms with Crippen molar-refractivity contribution in [3.05, 3.63) is 65.5 Å². The van der Waals surface area contributed by atoms with E-state index in [1.54, 1.807) is 19.1 Å². The second-order valence-electron chi connectivity index (χ2n) is 6.19. The van der Waals surface area contributed by atoms with Gasteiger partial charge in [-0.2, -0.15) is 0 Å². The van der Waals surface area contributed by atoms with E-state index >= 15 is 0 Å². The summed E-state index contributed by atoms with van der Waals surface area (Å²) in [6.07, 6.45) is 0. The molecule has 0 saturated carbocycles. The van der Waals surface area contributed by atoms with Gasteiger partial charge in [0, 0.05) is 13.1 Å². The third kappa shape index (κ3) is 5.53. The molecule has 2 rings (SSSR count). The van der Waals surface area contributed by atoms with Gasteiger partial charge in [-0.1, -0.05) is 43.3 Å². The topological polar surface area (TPSA) is 70.7 Å². The fourth-order valence-electron chi connectivity index (χ4n) is 2.98. The van der Waals surface area contributed by atoms with Crippen molar-refractivity contribution in [1.29, 1.82) is 0 Å². The van der Waals surface area contributed by atoms with Crippen molar-refractivity contribution in [1.82, 2.24) is 15.5 Å². The first-order valence-electron chi connectivity index (χ1n) is 9.20. The first-order valence-corrected chi connectivity index (χ1v) is 9.20. The molecule has 28 heavy (non-hydrogen) atoms. The van der Waals surface area contributed by atoms with Gasteiger partial charge >= 0.3 is 6.03 Å². The monoisotopic (exact) mass is 387 g/mol. The van der Waals surface area contributed by atoms with Gasteiger partial charge in [-0.3, -0.25) is 15.0 Å². The number of imide groups is 1. The van der Waals surface area contributed by atoms with Gasteiger partial charge < -0.3 is 10.1 Å². The van der Waals surface area contributed by atoms with Gasteiger partial charge in [0.05, 0.1) is 7.11 Å². The van der Waals surface area contributed by atoms with Crippen LogP contribution in [0.25, 0.3) is 0 Å². The van der Waals surface area contributed by atoms with E-state index in [1.165, 1.54) is 13.2 Å². The number of rotatable bonds is 8. The highest BCUT2D eigenvalue weighted by molar-refractivity contribution is 5.97. The highest BCUT2D eigenvalue weighted by Gasteiger charge is 2.28. The molecular formula is C21H26FN3O3. The maximum atomic E-state index is 14.1. The summed E-state index contributed by atoms with van der Waals surface area (Å²) < 4.78 is 19.0. The lowest BCUT2D eigenvalue weighted by atomic mass is 10.0. The van der Waals surface area contributed by atoms with Crippen molar-refractivity contribution in [2.24, 2.45) is 0 Å². The first kappa shape index (κ1) is 21.4. The number of urea groups is 1. The number of nitrogens with zero attached hydrogens (tertiary/aromatic N) is 1. The summed E-state index contributed by atoms with van der Waals surface area (Å²) in [4.78, 5) is 26.6. The molecule has 2 N–H and O–H groups in total. The molecule has 0 aliphatic heterocycles. The molecule has 0 saturated heterocycles. The summed E-state index contributed by atoms with van der Waals surface area (Å²) in [5.41, 5.74) is 1.45. The van der Waals surface area contributed by atoms with Crippen molar-refractivity contribution in [2.75, 3.05) is 20.2 Å². The zero-order valence-electron chi connectivity index (χ0n) is 16.4. The zero-order valence-corrected chi connectivity index (χ0v) is 16.4. The third-order valence-corrected chi connectivity index (χ3v) is 4.31. The van der Waals surface area contributed by atoms with E-state index in [0.717, 1.165) is 5.56 Å². The summed E-state index contributed by atoms with van der Waals surface area (Å²) in [5, 5.41) is 4.94. The summed E-state index contributed by atoms with van der Waals surface area (Å²) in [7, 11) is 1.41. The maximum Gasteiger partial charge on any atom is 0.321 e. The molecule has 0 bridgehead atoms. The zero-order chi connectivity index (χ0) is 20.5. The van der Waals surface area contributed by atoms with Crippen molar-refractivity contribution in [2.45, 2.75) is 26.4 Å². The van der Waals surface area contributed by atoms with E-state index in [0.29, 0.717) is 25.2 Å². The second kappa shape index (κ2) is 10.4. The van der Waals surface area contributed by atoms with Gasteiger partial charge in [-0.15, -0.1) is 0 Å². The number of hydrogen-bond donors (Lipinski definition) is 2. The van der Waals surface area contributed by atoms with E-state index in [9.17, 15) is 14.0 Å². The quantitative estimate of drug-likeness (QED) is 0.730. The number of ether oxygens (including phenoxy) is 1. The average Bonchev–Trinajstić information content (AvgIpc) is 2.68. The minimum absolute atomic E-state index is 0.167. The molecule has 0 aliphatic carbocycles. The lowest BCUT2D eigenvalue weighted by Crippen LogP contribution is -2.46. The Morgan fingerprint density at radius 2 is 1.86 bits per heavy atom. The van der Waals surface area contributed by atoms with Gasteiger partial charge in [0.25, 0.3) is 0 Å². The number of methoxy groups -OCH3 is 1. The Morgan fingerprint density at radius 1 is 1.14 bits per heavy atom. The molecule has 2 aromatic rings. The van der Waals surface area contributed by atoms with Crippen LogP contribution in [0, 0.1) is 5.82 Å². The van der Waals surface area contributed by atoms with Gasteiger partial charge in [0.15, 0.2) is 11.6 Å². The SMILES string of the molecule is CCNC(=O)NC(=O)[C@H](c1ccccc1)N(CC)Cc1ccc(OC)c(F)c1. The number of carbonyl (C=O) groups excluding carboxylic acids is 2. The van der Waals surface area contributed by atoms with Crippen LogP contribution in [0.15, 0.2) is 48.5 Å². The molecule has 0 aliphatic rings. The predicted octanol–water partition coefficient (Wildman–Crippen LogP) is 3.24. The van der Waals surface area contributed by atoms with Gasteiger partial charge in [0.2, 0.25) is 5.91 Å². The Morgan fingerprint density at radius 3 is 2.43 bits per heavy atom.